The second-order valence-corrected chi connectivity index (χ2v) is 15.1. The van der Waals surface area contributed by atoms with Crippen molar-refractivity contribution in [3.05, 3.63) is 188 Å². The summed E-state index contributed by atoms with van der Waals surface area (Å²) in [6, 6.07) is 67.0. The molecule has 0 saturated carbocycles. The molecule has 0 saturated heterocycles. The van der Waals surface area contributed by atoms with E-state index in [1.54, 1.807) is 11.3 Å². The molecule has 0 aliphatic heterocycles. The highest BCUT2D eigenvalue weighted by molar-refractivity contribution is 7.25. The fourth-order valence-corrected chi connectivity index (χ4v) is 9.16. The molecule has 0 radical (unpaired) electrons. The van der Waals surface area contributed by atoms with E-state index in [4.69, 9.17) is 15.0 Å². The molecule has 55 heavy (non-hydrogen) atoms. The summed E-state index contributed by atoms with van der Waals surface area (Å²) in [7, 11) is 0. The first-order chi connectivity index (χ1) is 27.2. The van der Waals surface area contributed by atoms with Crippen LogP contribution in [0.15, 0.2) is 188 Å². The normalized spacial score (nSPS) is 11.6. The van der Waals surface area contributed by atoms with Crippen LogP contribution in [0.3, 0.4) is 0 Å². The van der Waals surface area contributed by atoms with Crippen molar-refractivity contribution in [1.29, 1.82) is 0 Å². The Morgan fingerprint density at radius 1 is 0.273 bits per heavy atom. The van der Waals surface area contributed by atoms with Gasteiger partial charge in [-0.05, 0) is 78.8 Å². The minimum absolute atomic E-state index is 0.641. The van der Waals surface area contributed by atoms with Crippen LogP contribution in [0.4, 0.5) is 0 Å². The zero-order chi connectivity index (χ0) is 36.3. The number of hydrogen-bond donors (Lipinski definition) is 0. The third-order valence-corrected chi connectivity index (χ3v) is 11.8. The lowest BCUT2D eigenvalue weighted by molar-refractivity contribution is 1.07. The Labute approximate surface area is 321 Å². The van der Waals surface area contributed by atoms with Crippen molar-refractivity contribution in [3.63, 3.8) is 0 Å². The third kappa shape index (κ3) is 5.46. The van der Waals surface area contributed by atoms with E-state index in [9.17, 15) is 0 Å². The first-order valence-corrected chi connectivity index (χ1v) is 19.3. The monoisotopic (exact) mass is 717 g/mol. The average molecular weight is 718 g/mol. The standard InChI is InChI=1S/C51H31N3S/c1-2-11-32(12-3-1)36-15-10-16-38(29-36)50-52-49(53-51(54-50)39-26-27-43-42-19-8-9-20-46(42)55-47(43)31-39)35-23-21-34(22-24-35)48-41-18-7-5-14-37(41)30-45-40-17-6-4-13-33(40)25-28-44(45)48/h1-31H. The molecule has 11 aromatic rings. The fourth-order valence-electron chi connectivity index (χ4n) is 8.01. The number of rotatable bonds is 5. The summed E-state index contributed by atoms with van der Waals surface area (Å²) in [5.41, 5.74) is 7.50. The molecular formula is C51H31N3S. The van der Waals surface area contributed by atoms with Crippen LogP contribution in [0.5, 0.6) is 0 Å². The van der Waals surface area contributed by atoms with Gasteiger partial charge in [-0.1, -0.05) is 164 Å². The van der Waals surface area contributed by atoms with Crippen molar-refractivity contribution in [2.75, 3.05) is 0 Å². The number of fused-ring (bicyclic) bond motifs is 7. The maximum absolute atomic E-state index is 5.16. The van der Waals surface area contributed by atoms with E-state index >= 15 is 0 Å². The van der Waals surface area contributed by atoms with Gasteiger partial charge in [0.1, 0.15) is 0 Å². The van der Waals surface area contributed by atoms with Crippen molar-refractivity contribution in [2.45, 2.75) is 0 Å². The van der Waals surface area contributed by atoms with Gasteiger partial charge in [0.05, 0.1) is 0 Å². The summed E-state index contributed by atoms with van der Waals surface area (Å²) >= 11 is 1.80. The second-order valence-electron chi connectivity index (χ2n) is 14.0. The van der Waals surface area contributed by atoms with Crippen LogP contribution < -0.4 is 0 Å². The molecule has 9 aromatic carbocycles. The number of thiophene rings is 1. The smallest absolute Gasteiger partial charge is 0.164 e. The predicted molar refractivity (Wildman–Crippen MR) is 232 cm³/mol. The number of aromatic nitrogens is 3. The Balaban J connectivity index is 1.07. The van der Waals surface area contributed by atoms with Gasteiger partial charge in [0.25, 0.3) is 0 Å². The van der Waals surface area contributed by atoms with Crippen LogP contribution in [0.2, 0.25) is 0 Å². The van der Waals surface area contributed by atoms with Gasteiger partial charge in [0.2, 0.25) is 0 Å². The van der Waals surface area contributed by atoms with Gasteiger partial charge in [0, 0.05) is 36.9 Å². The van der Waals surface area contributed by atoms with Crippen LogP contribution >= 0.6 is 11.3 Å². The summed E-state index contributed by atoms with van der Waals surface area (Å²) in [6.45, 7) is 0. The largest absolute Gasteiger partial charge is 0.208 e. The molecule has 0 aliphatic carbocycles. The Morgan fingerprint density at radius 2 is 0.836 bits per heavy atom. The molecule has 0 amide bonds. The van der Waals surface area contributed by atoms with E-state index in [1.165, 1.54) is 58.1 Å². The maximum atomic E-state index is 5.16. The number of nitrogens with zero attached hydrogens (tertiary/aromatic N) is 3. The molecule has 2 aromatic heterocycles. The minimum Gasteiger partial charge on any atom is -0.208 e. The quantitative estimate of drug-likeness (QED) is 0.131. The van der Waals surface area contributed by atoms with E-state index < -0.39 is 0 Å². The van der Waals surface area contributed by atoms with Crippen LogP contribution in [-0.2, 0) is 0 Å². The van der Waals surface area contributed by atoms with Gasteiger partial charge in [0.15, 0.2) is 17.5 Å². The molecule has 0 bridgehead atoms. The lowest BCUT2D eigenvalue weighted by Crippen LogP contribution is -2.00. The Kier molecular flexibility index (Phi) is 7.35. The van der Waals surface area contributed by atoms with Crippen LogP contribution in [-0.4, -0.2) is 15.0 Å². The van der Waals surface area contributed by atoms with E-state index in [-0.39, 0.29) is 0 Å². The molecule has 0 unspecified atom stereocenters. The van der Waals surface area contributed by atoms with Gasteiger partial charge in [-0.25, -0.2) is 15.0 Å². The van der Waals surface area contributed by atoms with Crippen LogP contribution in [0.1, 0.15) is 0 Å². The lowest BCUT2D eigenvalue weighted by Gasteiger charge is -2.14. The Bertz CT molecular complexity index is 3260. The van der Waals surface area contributed by atoms with Crippen LogP contribution in [0, 0.1) is 0 Å². The van der Waals surface area contributed by atoms with Gasteiger partial charge in [-0.2, -0.15) is 0 Å². The minimum atomic E-state index is 0.641. The van der Waals surface area contributed by atoms with Gasteiger partial charge >= 0.3 is 0 Å². The molecule has 0 atom stereocenters. The summed E-state index contributed by atoms with van der Waals surface area (Å²) in [5.74, 6) is 1.94. The molecular weight excluding hydrogens is 687 g/mol. The Morgan fingerprint density at radius 3 is 1.65 bits per heavy atom. The predicted octanol–water partition coefficient (Wildman–Crippen LogP) is 14.0. The van der Waals surface area contributed by atoms with Crippen molar-refractivity contribution >= 4 is 63.8 Å². The van der Waals surface area contributed by atoms with E-state index in [0.717, 1.165) is 33.4 Å². The molecule has 11 rings (SSSR count). The summed E-state index contributed by atoms with van der Waals surface area (Å²) in [4.78, 5) is 15.4. The molecule has 0 N–H and O–H groups in total. The molecule has 4 heteroatoms. The summed E-state index contributed by atoms with van der Waals surface area (Å²) in [5, 5.41) is 9.99. The summed E-state index contributed by atoms with van der Waals surface area (Å²) < 4.78 is 2.49. The van der Waals surface area contributed by atoms with E-state index in [0.29, 0.717) is 17.5 Å². The zero-order valence-corrected chi connectivity index (χ0v) is 30.5. The van der Waals surface area contributed by atoms with Crippen molar-refractivity contribution in [1.82, 2.24) is 15.0 Å². The van der Waals surface area contributed by atoms with Gasteiger partial charge in [-0.15, -0.1) is 11.3 Å². The van der Waals surface area contributed by atoms with Crippen LogP contribution in [0.25, 0.3) is 109 Å². The Hall–Kier alpha value is -7.01. The van der Waals surface area contributed by atoms with Gasteiger partial charge in [-0.3, -0.25) is 0 Å². The summed E-state index contributed by atoms with van der Waals surface area (Å²) in [6.07, 6.45) is 0. The molecule has 3 nitrogen and oxygen atoms in total. The van der Waals surface area contributed by atoms with E-state index in [1.807, 2.05) is 6.07 Å². The highest BCUT2D eigenvalue weighted by atomic mass is 32.1. The first-order valence-electron chi connectivity index (χ1n) is 18.5. The fraction of sp³-hybridized carbons (Fsp3) is 0. The topological polar surface area (TPSA) is 38.7 Å². The number of benzene rings is 9. The second kappa shape index (κ2) is 12.8. The van der Waals surface area contributed by atoms with Crippen molar-refractivity contribution in [3.8, 4) is 56.4 Å². The molecule has 0 fully saturated rings. The highest BCUT2D eigenvalue weighted by Gasteiger charge is 2.17. The van der Waals surface area contributed by atoms with Crippen molar-refractivity contribution < 1.29 is 0 Å². The van der Waals surface area contributed by atoms with E-state index in [2.05, 4.69) is 182 Å². The molecule has 0 aliphatic rings. The number of hydrogen-bond acceptors (Lipinski definition) is 4. The first kappa shape index (κ1) is 31.5. The average Bonchev–Trinajstić information content (AvgIpc) is 3.64. The van der Waals surface area contributed by atoms with Crippen molar-refractivity contribution in [2.24, 2.45) is 0 Å². The SMILES string of the molecule is c1ccc(-c2cccc(-c3nc(-c4ccc(-c5c6ccccc6cc6c5ccc5ccccc56)cc4)nc(-c4ccc5c(c4)sc4ccccc45)n3)c2)cc1. The zero-order valence-electron chi connectivity index (χ0n) is 29.6. The molecule has 256 valence electrons. The lowest BCUT2D eigenvalue weighted by atomic mass is 9.89. The third-order valence-electron chi connectivity index (χ3n) is 10.7. The maximum Gasteiger partial charge on any atom is 0.164 e. The highest BCUT2D eigenvalue weighted by Crippen LogP contribution is 2.40. The molecule has 2 heterocycles. The van der Waals surface area contributed by atoms with Gasteiger partial charge < -0.3 is 0 Å². The molecule has 0 spiro atoms.